The Kier molecular flexibility index (Phi) is 5.30. The Bertz CT molecular complexity index is 940. The van der Waals surface area contributed by atoms with E-state index in [-0.39, 0.29) is 5.91 Å². The van der Waals surface area contributed by atoms with Crippen LogP contribution < -0.4 is 5.32 Å². The molecule has 0 saturated carbocycles. The van der Waals surface area contributed by atoms with E-state index >= 15 is 0 Å². The molecule has 1 aliphatic rings. The number of amides is 1. The Balaban J connectivity index is 1.78. The number of fused-ring (bicyclic) bond motifs is 2. The molecule has 0 spiro atoms. The number of hydrogen-bond donors (Lipinski definition) is 1. The molecule has 0 atom stereocenters. The predicted molar refractivity (Wildman–Crippen MR) is 115 cm³/mol. The van der Waals surface area contributed by atoms with Gasteiger partial charge in [0.2, 0.25) is 5.91 Å². The third-order valence-corrected chi connectivity index (χ3v) is 7.52. The van der Waals surface area contributed by atoms with E-state index in [1.165, 1.54) is 25.6 Å². The summed E-state index contributed by atoms with van der Waals surface area (Å²) in [5.41, 5.74) is 3.78. The molecule has 2 aromatic heterocycles. The molecule has 4 rings (SSSR count). The summed E-state index contributed by atoms with van der Waals surface area (Å²) in [4.78, 5) is 21.7. The molecule has 0 unspecified atom stereocenters. The fourth-order valence-electron chi connectivity index (χ4n) is 3.72. The average molecular weight is 400 g/mol. The van der Waals surface area contributed by atoms with E-state index < -0.39 is 0 Å². The Morgan fingerprint density at radius 3 is 2.74 bits per heavy atom. The van der Waals surface area contributed by atoms with Gasteiger partial charge in [0.1, 0.15) is 5.01 Å². The van der Waals surface area contributed by atoms with Gasteiger partial charge < -0.3 is 10.2 Å². The molecule has 0 radical (unpaired) electrons. The predicted octanol–water partition coefficient (Wildman–Crippen LogP) is 4.47. The van der Waals surface area contributed by atoms with Gasteiger partial charge in [-0.2, -0.15) is 0 Å². The van der Waals surface area contributed by atoms with Crippen LogP contribution in [0.2, 0.25) is 0 Å². The summed E-state index contributed by atoms with van der Waals surface area (Å²) in [7, 11) is 0. The number of benzene rings is 1. The van der Waals surface area contributed by atoms with E-state index in [0.717, 1.165) is 36.5 Å². The van der Waals surface area contributed by atoms with Crippen molar-refractivity contribution >= 4 is 38.8 Å². The number of nitrogens with one attached hydrogen (secondary N) is 1. The minimum atomic E-state index is 0.0137. The summed E-state index contributed by atoms with van der Waals surface area (Å²) in [5.74, 6) is 0.0137. The van der Waals surface area contributed by atoms with E-state index in [2.05, 4.69) is 42.3 Å². The lowest BCUT2D eigenvalue weighted by Crippen LogP contribution is -2.33. The average Bonchev–Trinajstić information content (AvgIpc) is 3.14. The smallest absolute Gasteiger partial charge is 0.217 e. The molecule has 1 aliphatic heterocycles. The summed E-state index contributed by atoms with van der Waals surface area (Å²) in [6.07, 6.45) is 2.13. The number of carbonyl (C=O) groups excluding carboxylic acids is 1. The lowest BCUT2D eigenvalue weighted by Gasteiger charge is -2.24. The van der Waals surface area contributed by atoms with Crippen LogP contribution in [0.4, 0.5) is 0 Å². The highest BCUT2D eigenvalue weighted by Gasteiger charge is 2.25. The zero-order valence-corrected chi connectivity index (χ0v) is 17.7. The van der Waals surface area contributed by atoms with Gasteiger partial charge in [0.15, 0.2) is 0 Å². The number of thiophene rings is 1. The van der Waals surface area contributed by atoms with Gasteiger partial charge in [-0.05, 0) is 44.4 Å². The second-order valence-electron chi connectivity index (χ2n) is 7.33. The molecule has 27 heavy (non-hydrogen) atoms. The van der Waals surface area contributed by atoms with E-state index in [1.807, 2.05) is 17.4 Å². The van der Waals surface area contributed by atoms with E-state index in [9.17, 15) is 4.79 Å². The van der Waals surface area contributed by atoms with Crippen LogP contribution >= 0.6 is 22.7 Å². The Labute approximate surface area is 168 Å². The molecule has 3 aromatic rings. The highest BCUT2D eigenvalue weighted by molar-refractivity contribution is 7.22. The van der Waals surface area contributed by atoms with Crippen molar-refractivity contribution in [2.24, 2.45) is 0 Å². The zero-order valence-electron chi connectivity index (χ0n) is 16.0. The van der Waals surface area contributed by atoms with Crippen molar-refractivity contribution in [3.63, 3.8) is 0 Å². The van der Waals surface area contributed by atoms with Gasteiger partial charge in [0.05, 0.1) is 16.8 Å². The van der Waals surface area contributed by atoms with Crippen molar-refractivity contribution < 1.29 is 4.79 Å². The number of rotatable bonds is 4. The fraction of sp³-hybridized carbons (Fsp3) is 0.429. The quantitative estimate of drug-likeness (QED) is 0.704. The first-order valence-corrected chi connectivity index (χ1v) is 11.1. The van der Waals surface area contributed by atoms with E-state index in [1.54, 1.807) is 18.3 Å². The second-order valence-corrected chi connectivity index (χ2v) is 9.55. The third-order valence-electron chi connectivity index (χ3n) is 5.17. The van der Waals surface area contributed by atoms with Crippen molar-refractivity contribution in [1.82, 2.24) is 15.2 Å². The van der Waals surface area contributed by atoms with Crippen LogP contribution in [0.15, 0.2) is 24.3 Å². The van der Waals surface area contributed by atoms with Gasteiger partial charge >= 0.3 is 0 Å². The Morgan fingerprint density at radius 2 is 2.00 bits per heavy atom. The lowest BCUT2D eigenvalue weighted by molar-refractivity contribution is -0.119. The van der Waals surface area contributed by atoms with Crippen LogP contribution in [0.1, 0.15) is 36.1 Å². The molecule has 0 saturated heterocycles. The molecule has 0 fully saturated rings. The number of para-hydroxylation sites is 1. The molecular weight excluding hydrogens is 374 g/mol. The highest BCUT2D eigenvalue weighted by Crippen LogP contribution is 2.41. The largest absolute Gasteiger partial charge is 0.351 e. The first-order chi connectivity index (χ1) is 13.0. The zero-order chi connectivity index (χ0) is 19.0. The summed E-state index contributed by atoms with van der Waals surface area (Å²) >= 11 is 3.62. The first-order valence-electron chi connectivity index (χ1n) is 9.50. The molecule has 3 heterocycles. The first kappa shape index (κ1) is 18.6. The molecule has 0 bridgehead atoms. The summed E-state index contributed by atoms with van der Waals surface area (Å²) in [5, 5.41) is 4.09. The van der Waals surface area contributed by atoms with Crippen LogP contribution in [-0.2, 0) is 24.2 Å². The normalized spacial score (nSPS) is 15.1. The molecule has 1 aromatic carbocycles. The van der Waals surface area contributed by atoms with Crippen LogP contribution in [0, 0.1) is 0 Å². The van der Waals surface area contributed by atoms with Gasteiger partial charge in [0.25, 0.3) is 0 Å². The Hall–Kier alpha value is -1.76. The molecule has 1 N–H and O–H groups in total. The summed E-state index contributed by atoms with van der Waals surface area (Å²) < 4.78 is 1.22. The van der Waals surface area contributed by atoms with Crippen molar-refractivity contribution in [1.29, 1.82) is 0 Å². The maximum atomic E-state index is 11.5. The third kappa shape index (κ3) is 3.79. The summed E-state index contributed by atoms with van der Waals surface area (Å²) in [6.45, 7) is 8.90. The monoisotopic (exact) mass is 399 g/mol. The minimum absolute atomic E-state index is 0.0137. The van der Waals surface area contributed by atoms with Gasteiger partial charge in [-0.25, -0.2) is 4.98 Å². The van der Waals surface area contributed by atoms with Gasteiger partial charge in [-0.1, -0.05) is 12.1 Å². The molecule has 1 amide bonds. The number of aromatic nitrogens is 1. The SMILES string of the molecule is CC(=O)NCc1sc2c(c1-c1nc3ccccc3s1)CCN(C(C)C)CC2. The van der Waals surface area contributed by atoms with Gasteiger partial charge in [-0.15, -0.1) is 22.7 Å². The van der Waals surface area contributed by atoms with Crippen LogP contribution in [0.3, 0.4) is 0 Å². The number of hydrogen-bond acceptors (Lipinski definition) is 5. The van der Waals surface area contributed by atoms with E-state index in [0.29, 0.717) is 12.6 Å². The molecule has 6 heteroatoms. The van der Waals surface area contributed by atoms with Gasteiger partial charge in [0, 0.05) is 41.4 Å². The van der Waals surface area contributed by atoms with Crippen molar-refractivity contribution in [2.75, 3.05) is 13.1 Å². The molecule has 0 aliphatic carbocycles. The Morgan fingerprint density at radius 1 is 1.22 bits per heavy atom. The maximum absolute atomic E-state index is 11.5. The summed E-state index contributed by atoms with van der Waals surface area (Å²) in [6, 6.07) is 8.89. The lowest BCUT2D eigenvalue weighted by atomic mass is 10.0. The molecule has 142 valence electrons. The van der Waals surface area contributed by atoms with E-state index in [4.69, 9.17) is 4.98 Å². The van der Waals surface area contributed by atoms with Crippen molar-refractivity contribution in [3.8, 4) is 10.6 Å². The number of thiazole rings is 1. The van der Waals surface area contributed by atoms with Crippen molar-refractivity contribution in [2.45, 2.75) is 46.2 Å². The highest BCUT2D eigenvalue weighted by atomic mass is 32.1. The molecular formula is C21H25N3OS2. The van der Waals surface area contributed by atoms with Crippen LogP contribution in [0.25, 0.3) is 20.8 Å². The standard InChI is InChI=1S/C21H25N3OS2/c1-13(2)24-10-8-15-17(9-11-24)26-19(12-22-14(3)25)20(15)21-23-16-6-4-5-7-18(16)27-21/h4-7,13H,8-12H2,1-3H3,(H,22,25). The minimum Gasteiger partial charge on any atom is -0.351 e. The topological polar surface area (TPSA) is 45.2 Å². The van der Waals surface area contributed by atoms with Crippen LogP contribution in [0.5, 0.6) is 0 Å². The number of carbonyl (C=O) groups is 1. The van der Waals surface area contributed by atoms with Gasteiger partial charge in [-0.3, -0.25) is 4.79 Å². The fourth-order valence-corrected chi connectivity index (χ4v) is 6.14. The number of nitrogens with zero attached hydrogens (tertiary/aromatic N) is 2. The van der Waals surface area contributed by atoms with Crippen molar-refractivity contribution in [3.05, 3.63) is 39.6 Å². The molecule has 4 nitrogen and oxygen atoms in total. The van der Waals surface area contributed by atoms with Crippen LogP contribution in [-0.4, -0.2) is 34.9 Å². The maximum Gasteiger partial charge on any atom is 0.217 e. The second kappa shape index (κ2) is 7.70.